The summed E-state index contributed by atoms with van der Waals surface area (Å²) < 4.78 is 1.65. The summed E-state index contributed by atoms with van der Waals surface area (Å²) in [5.74, 6) is 0.322. The van der Waals surface area contributed by atoms with Crippen LogP contribution in [0.5, 0.6) is 0 Å². The van der Waals surface area contributed by atoms with E-state index in [1.165, 1.54) is 6.20 Å². The minimum absolute atomic E-state index is 0.105. The van der Waals surface area contributed by atoms with Crippen LogP contribution < -0.4 is 11.1 Å². The van der Waals surface area contributed by atoms with Crippen molar-refractivity contribution < 1.29 is 9.59 Å². The molecule has 0 radical (unpaired) electrons. The van der Waals surface area contributed by atoms with Crippen LogP contribution in [0.2, 0.25) is 0 Å². The molecule has 0 saturated heterocycles. The van der Waals surface area contributed by atoms with Gasteiger partial charge >= 0.3 is 0 Å². The molecule has 4 rings (SSSR count). The molecule has 1 saturated carbocycles. The van der Waals surface area contributed by atoms with E-state index in [4.69, 9.17) is 5.73 Å². The van der Waals surface area contributed by atoms with Crippen molar-refractivity contribution in [3.63, 3.8) is 0 Å². The minimum atomic E-state index is -0.568. The third-order valence-corrected chi connectivity index (χ3v) is 5.65. The number of aryl methyl sites for hydroxylation is 1. The van der Waals surface area contributed by atoms with Gasteiger partial charge in [-0.15, -0.1) is 0 Å². The fourth-order valence-corrected chi connectivity index (χ4v) is 4.33. The van der Waals surface area contributed by atoms with Crippen molar-refractivity contribution in [2.24, 2.45) is 11.1 Å². The number of primary amides is 1. The van der Waals surface area contributed by atoms with Crippen LogP contribution in [-0.4, -0.2) is 37.5 Å². The average molecular weight is 382 g/mol. The molecule has 0 bridgehead atoms. The number of nitrogens with two attached hydrogens (primary N) is 1. The van der Waals surface area contributed by atoms with Crippen molar-refractivity contribution in [3.05, 3.63) is 28.7 Å². The summed E-state index contributed by atoms with van der Waals surface area (Å²) in [4.78, 5) is 33.4. The van der Waals surface area contributed by atoms with Crippen molar-refractivity contribution in [2.75, 3.05) is 5.32 Å². The smallest absolute Gasteiger partial charge is 0.254 e. The Morgan fingerprint density at radius 3 is 2.68 bits per heavy atom. The van der Waals surface area contributed by atoms with E-state index in [2.05, 4.69) is 34.2 Å². The molecule has 3 N–H and O–H groups in total. The second-order valence-electron chi connectivity index (χ2n) is 8.68. The molecule has 1 fully saturated rings. The van der Waals surface area contributed by atoms with Gasteiger partial charge in [-0.2, -0.15) is 10.1 Å². The molecule has 148 valence electrons. The number of hydrogen-bond donors (Lipinski definition) is 2. The van der Waals surface area contributed by atoms with Gasteiger partial charge in [-0.3, -0.25) is 9.59 Å². The highest BCUT2D eigenvalue weighted by Gasteiger charge is 2.36. The number of carbonyl (C=O) groups is 2. The number of nitrogens with one attached hydrogen (secondary N) is 1. The van der Waals surface area contributed by atoms with Gasteiger partial charge in [0.05, 0.1) is 22.5 Å². The molecule has 0 spiro atoms. The Morgan fingerprint density at radius 2 is 2.00 bits per heavy atom. The lowest BCUT2D eigenvalue weighted by Gasteiger charge is -2.28. The fraction of sp³-hybridized carbons (Fsp3) is 0.550. The molecule has 2 aromatic heterocycles. The highest BCUT2D eigenvalue weighted by Crippen LogP contribution is 2.36. The molecule has 2 aromatic rings. The van der Waals surface area contributed by atoms with Crippen molar-refractivity contribution in [2.45, 2.75) is 65.3 Å². The average Bonchev–Trinajstić information content (AvgIpc) is 3.21. The maximum Gasteiger partial charge on any atom is 0.254 e. The maximum absolute atomic E-state index is 12.6. The summed E-state index contributed by atoms with van der Waals surface area (Å²) in [5.41, 5.74) is 7.83. The van der Waals surface area contributed by atoms with Crippen LogP contribution in [-0.2, 0) is 6.42 Å². The second kappa shape index (κ2) is 6.68. The van der Waals surface area contributed by atoms with Crippen LogP contribution in [0.3, 0.4) is 0 Å². The maximum atomic E-state index is 12.6. The van der Waals surface area contributed by atoms with Crippen LogP contribution in [0, 0.1) is 12.3 Å². The zero-order chi connectivity index (χ0) is 20.1. The number of hydrogen-bond acceptors (Lipinski definition) is 6. The van der Waals surface area contributed by atoms with Gasteiger partial charge in [-0.1, -0.05) is 26.7 Å². The molecule has 28 heavy (non-hydrogen) atoms. The normalized spacial score (nSPS) is 18.9. The summed E-state index contributed by atoms with van der Waals surface area (Å²) in [7, 11) is 0. The van der Waals surface area contributed by atoms with Gasteiger partial charge in [-0.05, 0) is 31.6 Å². The quantitative estimate of drug-likeness (QED) is 0.839. The van der Waals surface area contributed by atoms with E-state index in [-0.39, 0.29) is 22.8 Å². The molecular weight excluding hydrogens is 356 g/mol. The first kappa shape index (κ1) is 18.6. The predicted molar refractivity (Wildman–Crippen MR) is 105 cm³/mol. The van der Waals surface area contributed by atoms with Crippen molar-refractivity contribution in [1.82, 2.24) is 19.7 Å². The summed E-state index contributed by atoms with van der Waals surface area (Å²) in [6.07, 6.45) is 7.05. The number of Topliss-reactive ketones (excluding diaryl/α,β-unsaturated/α-hetero) is 1. The van der Waals surface area contributed by atoms with E-state index in [0.29, 0.717) is 35.9 Å². The van der Waals surface area contributed by atoms with Crippen LogP contribution in [0.4, 0.5) is 5.82 Å². The van der Waals surface area contributed by atoms with Crippen LogP contribution in [0.1, 0.15) is 78.1 Å². The molecule has 2 aliphatic rings. The Kier molecular flexibility index (Phi) is 4.44. The minimum Gasteiger partial charge on any atom is -0.367 e. The van der Waals surface area contributed by atoms with Crippen LogP contribution in [0.15, 0.2) is 6.20 Å². The fourth-order valence-electron chi connectivity index (χ4n) is 4.33. The van der Waals surface area contributed by atoms with Crippen molar-refractivity contribution in [1.29, 1.82) is 0 Å². The predicted octanol–water partition coefficient (Wildman–Crippen LogP) is 2.58. The topological polar surface area (TPSA) is 116 Å². The number of fused-ring (bicyclic) bond motifs is 1. The number of nitrogens with zero attached hydrogens (tertiary/aromatic N) is 4. The Bertz CT molecular complexity index is 956. The molecule has 8 heteroatoms. The zero-order valence-electron chi connectivity index (χ0n) is 16.6. The highest BCUT2D eigenvalue weighted by atomic mass is 16.1. The molecule has 0 aromatic carbocycles. The number of rotatable bonds is 4. The summed E-state index contributed by atoms with van der Waals surface area (Å²) in [6.45, 7) is 5.98. The molecule has 2 heterocycles. The Morgan fingerprint density at radius 1 is 1.29 bits per heavy atom. The van der Waals surface area contributed by atoms with E-state index < -0.39 is 5.91 Å². The molecule has 0 atom stereocenters. The number of ketones is 1. The number of amides is 1. The van der Waals surface area contributed by atoms with Crippen molar-refractivity contribution in [3.8, 4) is 5.95 Å². The SMILES string of the molecule is Cc1nn(-c2ncc(C(N)=O)c(NC3CCCC3)n2)c2c1C(=O)CC(C)(C)C2. The van der Waals surface area contributed by atoms with Gasteiger partial charge in [0.25, 0.3) is 11.9 Å². The third-order valence-electron chi connectivity index (χ3n) is 5.65. The monoisotopic (exact) mass is 382 g/mol. The van der Waals surface area contributed by atoms with Crippen molar-refractivity contribution >= 4 is 17.5 Å². The van der Waals surface area contributed by atoms with Crippen LogP contribution >= 0.6 is 0 Å². The van der Waals surface area contributed by atoms with E-state index in [9.17, 15) is 9.59 Å². The lowest BCUT2D eigenvalue weighted by Crippen LogP contribution is -2.28. The molecular formula is C20H26N6O2. The molecule has 2 aliphatic carbocycles. The first-order valence-corrected chi connectivity index (χ1v) is 9.80. The Balaban J connectivity index is 1.79. The summed E-state index contributed by atoms with van der Waals surface area (Å²) in [6, 6.07) is 0.273. The number of aromatic nitrogens is 4. The Labute approximate surface area is 163 Å². The first-order chi connectivity index (χ1) is 13.2. The molecule has 1 amide bonds. The van der Waals surface area contributed by atoms with Gasteiger partial charge < -0.3 is 11.1 Å². The van der Waals surface area contributed by atoms with Gasteiger partial charge in [-0.25, -0.2) is 9.67 Å². The van der Waals surface area contributed by atoms with E-state index in [1.54, 1.807) is 4.68 Å². The number of carbonyl (C=O) groups excluding carboxylic acids is 2. The van der Waals surface area contributed by atoms with Gasteiger partial charge in [0.2, 0.25) is 0 Å². The van der Waals surface area contributed by atoms with Gasteiger partial charge in [0.15, 0.2) is 5.78 Å². The third kappa shape index (κ3) is 3.27. The van der Waals surface area contributed by atoms with E-state index >= 15 is 0 Å². The van der Waals surface area contributed by atoms with E-state index in [0.717, 1.165) is 31.4 Å². The second-order valence-corrected chi connectivity index (χ2v) is 8.68. The first-order valence-electron chi connectivity index (χ1n) is 9.80. The Hall–Kier alpha value is -2.77. The standard InChI is InChI=1S/C20H26N6O2/c1-11-16-14(8-20(2,3)9-15(16)27)26(25-11)19-22-10-13(17(21)28)18(24-19)23-12-6-4-5-7-12/h10,12H,4-9H2,1-3H3,(H2,21,28)(H,22,23,24). The lowest BCUT2D eigenvalue weighted by atomic mass is 9.75. The van der Waals surface area contributed by atoms with Crippen LogP contribution in [0.25, 0.3) is 5.95 Å². The van der Waals surface area contributed by atoms with Gasteiger partial charge in [0.1, 0.15) is 5.82 Å². The van der Waals surface area contributed by atoms with E-state index in [1.807, 2.05) is 6.92 Å². The van der Waals surface area contributed by atoms with Gasteiger partial charge in [0, 0.05) is 18.7 Å². The molecule has 8 nitrogen and oxygen atoms in total. The highest BCUT2D eigenvalue weighted by molar-refractivity contribution is 6.00. The zero-order valence-corrected chi connectivity index (χ0v) is 16.6. The molecule has 0 unspecified atom stereocenters. The summed E-state index contributed by atoms with van der Waals surface area (Å²) >= 11 is 0. The largest absolute Gasteiger partial charge is 0.367 e. The number of anilines is 1. The lowest BCUT2D eigenvalue weighted by molar-refractivity contribution is 0.0909. The molecule has 0 aliphatic heterocycles. The summed E-state index contributed by atoms with van der Waals surface area (Å²) in [5, 5.41) is 7.91.